The van der Waals surface area contributed by atoms with Gasteiger partial charge in [0.2, 0.25) is 0 Å². The van der Waals surface area contributed by atoms with Gasteiger partial charge in [0, 0.05) is 0 Å². The third-order valence-corrected chi connectivity index (χ3v) is 3.61. The van der Waals surface area contributed by atoms with Crippen LogP contribution in [-0.4, -0.2) is 59.3 Å². The normalized spacial score (nSPS) is 33.9. The zero-order chi connectivity index (χ0) is 14.5. The first-order chi connectivity index (χ1) is 9.48. The lowest BCUT2D eigenvalue weighted by molar-refractivity contribution is -0.115. The number of nitrogen functional groups attached to an aromatic ring is 1. The maximum Gasteiger partial charge on any atom is 0.167 e. The topological polar surface area (TPSA) is 140 Å². The second-order valence-electron chi connectivity index (χ2n) is 5.00. The van der Waals surface area contributed by atoms with Gasteiger partial charge in [-0.25, -0.2) is 15.0 Å². The minimum atomic E-state index is -1.25. The summed E-state index contributed by atoms with van der Waals surface area (Å²) in [4.78, 5) is 12.0. The van der Waals surface area contributed by atoms with E-state index in [-0.39, 0.29) is 5.82 Å². The van der Waals surface area contributed by atoms with Crippen molar-refractivity contribution in [2.75, 3.05) is 12.3 Å². The lowest BCUT2D eigenvalue weighted by atomic mass is 9.99. The van der Waals surface area contributed by atoms with Gasteiger partial charge in [0.1, 0.15) is 29.7 Å². The Labute approximate surface area is 113 Å². The number of imidazole rings is 1. The molecule has 1 saturated heterocycles. The number of nitrogens with two attached hydrogens (primary N) is 1. The number of aromatic nitrogens is 4. The Kier molecular flexibility index (Phi) is 2.87. The molecule has 0 radical (unpaired) electrons. The number of ether oxygens (including phenoxy) is 1. The quantitative estimate of drug-likeness (QED) is 0.516. The van der Waals surface area contributed by atoms with Crippen LogP contribution in [0, 0.1) is 0 Å². The van der Waals surface area contributed by atoms with Crippen molar-refractivity contribution in [3.8, 4) is 0 Å². The number of aliphatic hydroxyl groups is 3. The van der Waals surface area contributed by atoms with Crippen molar-refractivity contribution >= 4 is 17.0 Å². The van der Waals surface area contributed by atoms with E-state index in [1.54, 1.807) is 0 Å². The molecule has 1 fully saturated rings. The van der Waals surface area contributed by atoms with Gasteiger partial charge in [-0.05, 0) is 6.92 Å². The molecule has 0 amide bonds. The fourth-order valence-electron chi connectivity index (χ4n) is 2.34. The molecule has 2 aromatic rings. The second kappa shape index (κ2) is 4.35. The molecule has 4 atom stereocenters. The summed E-state index contributed by atoms with van der Waals surface area (Å²) >= 11 is 0. The Morgan fingerprint density at radius 2 is 2.15 bits per heavy atom. The summed E-state index contributed by atoms with van der Waals surface area (Å²) in [6.45, 7) is 1.09. The van der Waals surface area contributed by atoms with Crippen LogP contribution < -0.4 is 5.73 Å². The van der Waals surface area contributed by atoms with Gasteiger partial charge in [-0.15, -0.1) is 0 Å². The van der Waals surface area contributed by atoms with E-state index < -0.39 is 30.6 Å². The number of fused-ring (bicyclic) bond motifs is 1. The SMILES string of the molecule is CC1(CO)O[C@@H](n2cnc3c(N)ncnc32)C(O)C1O. The summed E-state index contributed by atoms with van der Waals surface area (Å²) < 4.78 is 7.05. The summed E-state index contributed by atoms with van der Waals surface area (Å²) in [5.74, 6) is 0.215. The van der Waals surface area contributed by atoms with E-state index in [9.17, 15) is 15.3 Å². The van der Waals surface area contributed by atoms with Gasteiger partial charge in [-0.1, -0.05) is 0 Å². The fraction of sp³-hybridized carbons (Fsp3) is 0.545. The third kappa shape index (κ3) is 1.68. The van der Waals surface area contributed by atoms with Crippen LogP contribution in [-0.2, 0) is 4.74 Å². The predicted molar refractivity (Wildman–Crippen MR) is 67.4 cm³/mol. The van der Waals surface area contributed by atoms with Crippen LogP contribution in [0.25, 0.3) is 11.2 Å². The number of anilines is 1. The Morgan fingerprint density at radius 1 is 1.40 bits per heavy atom. The highest BCUT2D eigenvalue weighted by Gasteiger charge is 2.52. The first-order valence-electron chi connectivity index (χ1n) is 6.06. The molecule has 1 aliphatic rings. The molecule has 0 aromatic carbocycles. The molecule has 0 saturated carbocycles. The minimum absolute atomic E-state index is 0.215. The molecular weight excluding hydrogens is 266 g/mol. The highest BCUT2D eigenvalue weighted by atomic mass is 16.6. The lowest BCUT2D eigenvalue weighted by Crippen LogP contribution is -2.43. The van der Waals surface area contributed by atoms with Gasteiger partial charge in [0.05, 0.1) is 12.9 Å². The van der Waals surface area contributed by atoms with Crippen molar-refractivity contribution in [2.45, 2.75) is 31.0 Å². The van der Waals surface area contributed by atoms with Crippen LogP contribution in [0.15, 0.2) is 12.7 Å². The molecule has 3 unspecified atom stereocenters. The largest absolute Gasteiger partial charge is 0.393 e. The number of rotatable bonds is 2. The molecule has 3 heterocycles. The molecule has 0 bridgehead atoms. The number of hydrogen-bond acceptors (Lipinski definition) is 8. The first kappa shape index (κ1) is 13.2. The van der Waals surface area contributed by atoms with Gasteiger partial charge in [-0.2, -0.15) is 0 Å². The average molecular weight is 281 g/mol. The molecule has 9 nitrogen and oxygen atoms in total. The van der Waals surface area contributed by atoms with Gasteiger partial charge in [-0.3, -0.25) is 4.57 Å². The van der Waals surface area contributed by atoms with Crippen molar-refractivity contribution in [3.05, 3.63) is 12.7 Å². The molecule has 20 heavy (non-hydrogen) atoms. The number of hydrogen-bond donors (Lipinski definition) is 4. The van der Waals surface area contributed by atoms with Crippen molar-refractivity contribution in [1.29, 1.82) is 0 Å². The summed E-state index contributed by atoms with van der Waals surface area (Å²) in [5, 5.41) is 29.4. The second-order valence-corrected chi connectivity index (χ2v) is 5.00. The van der Waals surface area contributed by atoms with E-state index in [0.717, 1.165) is 0 Å². The van der Waals surface area contributed by atoms with Crippen molar-refractivity contribution in [3.63, 3.8) is 0 Å². The van der Waals surface area contributed by atoms with E-state index in [4.69, 9.17) is 10.5 Å². The Morgan fingerprint density at radius 3 is 2.80 bits per heavy atom. The minimum Gasteiger partial charge on any atom is -0.393 e. The van der Waals surface area contributed by atoms with Crippen molar-refractivity contribution < 1.29 is 20.1 Å². The van der Waals surface area contributed by atoms with Crippen LogP contribution in [0.2, 0.25) is 0 Å². The zero-order valence-electron chi connectivity index (χ0n) is 10.7. The maximum atomic E-state index is 10.1. The smallest absolute Gasteiger partial charge is 0.167 e. The predicted octanol–water partition coefficient (Wildman–Crippen LogP) is -1.59. The molecule has 5 N–H and O–H groups in total. The third-order valence-electron chi connectivity index (χ3n) is 3.61. The highest BCUT2D eigenvalue weighted by Crippen LogP contribution is 2.37. The van der Waals surface area contributed by atoms with Crippen LogP contribution in [0.4, 0.5) is 5.82 Å². The summed E-state index contributed by atoms with van der Waals surface area (Å²) in [7, 11) is 0. The molecule has 0 aliphatic carbocycles. The van der Waals surface area contributed by atoms with E-state index in [0.29, 0.717) is 11.2 Å². The fourth-order valence-corrected chi connectivity index (χ4v) is 2.34. The number of nitrogens with zero attached hydrogens (tertiary/aromatic N) is 4. The van der Waals surface area contributed by atoms with E-state index in [2.05, 4.69) is 15.0 Å². The van der Waals surface area contributed by atoms with Gasteiger partial charge in [0.25, 0.3) is 0 Å². The van der Waals surface area contributed by atoms with E-state index in [1.807, 2.05) is 0 Å². The van der Waals surface area contributed by atoms with Crippen molar-refractivity contribution in [2.24, 2.45) is 0 Å². The van der Waals surface area contributed by atoms with E-state index in [1.165, 1.54) is 24.1 Å². The Bertz CT molecular complexity index is 647. The number of aliphatic hydroxyl groups excluding tert-OH is 3. The summed E-state index contributed by atoms with van der Waals surface area (Å²) in [6.07, 6.45) is -0.686. The van der Waals surface area contributed by atoms with Crippen molar-refractivity contribution in [1.82, 2.24) is 19.5 Å². The Balaban J connectivity index is 2.06. The lowest BCUT2D eigenvalue weighted by Gasteiger charge is -2.24. The highest BCUT2D eigenvalue weighted by molar-refractivity contribution is 5.81. The van der Waals surface area contributed by atoms with Crippen LogP contribution in [0.1, 0.15) is 13.2 Å². The molecule has 9 heteroatoms. The molecule has 2 aromatic heterocycles. The monoisotopic (exact) mass is 281 g/mol. The molecule has 108 valence electrons. The van der Waals surface area contributed by atoms with Crippen LogP contribution in [0.5, 0.6) is 0 Å². The van der Waals surface area contributed by atoms with Gasteiger partial charge < -0.3 is 25.8 Å². The van der Waals surface area contributed by atoms with Crippen LogP contribution in [0.3, 0.4) is 0 Å². The van der Waals surface area contributed by atoms with E-state index >= 15 is 0 Å². The first-order valence-corrected chi connectivity index (χ1v) is 6.06. The summed E-state index contributed by atoms with van der Waals surface area (Å²) in [5.41, 5.74) is 5.21. The molecule has 0 spiro atoms. The maximum absolute atomic E-state index is 10.1. The molecule has 3 rings (SSSR count). The summed E-state index contributed by atoms with van der Waals surface area (Å²) in [6, 6.07) is 0. The van der Waals surface area contributed by atoms with Gasteiger partial charge in [0.15, 0.2) is 17.7 Å². The van der Waals surface area contributed by atoms with Crippen LogP contribution >= 0.6 is 0 Å². The Hall–Kier alpha value is -1.81. The van der Waals surface area contributed by atoms with Gasteiger partial charge >= 0.3 is 0 Å². The zero-order valence-corrected chi connectivity index (χ0v) is 10.7. The standard InChI is InChI=1S/C11H15N5O4/c1-11(2-17)7(19)6(18)10(20-11)16-4-15-5-8(12)13-3-14-9(5)16/h3-4,6-7,10,17-19H,2H2,1H3,(H2,12,13,14)/t6?,7?,10-,11?/m1/s1. The molecular formula is C11H15N5O4. The average Bonchev–Trinajstić information content (AvgIpc) is 2.96. The molecule has 1 aliphatic heterocycles.